The van der Waals surface area contributed by atoms with Gasteiger partial charge in [0.15, 0.2) is 0 Å². The number of amides is 1. The van der Waals surface area contributed by atoms with Crippen molar-refractivity contribution in [2.24, 2.45) is 0 Å². The Bertz CT molecular complexity index is 915. The molecule has 154 valence electrons. The standard InChI is InChI=1S/C20H19F3N2O4/c1-13-11-19(27,20(21,22)23)25(24-13)18(26)15-5-3-4-14(10-15)12-29-17-8-6-16(28-2)7-9-17/h3-10,24,27H,1,11-12H2,2H3. The molecule has 0 radical (unpaired) electrons. The lowest BCUT2D eigenvalue weighted by molar-refractivity contribution is -0.299. The van der Waals surface area contributed by atoms with Crippen LogP contribution in [0.5, 0.6) is 11.5 Å². The molecular formula is C20H19F3N2O4. The van der Waals surface area contributed by atoms with Crippen molar-refractivity contribution < 1.29 is 32.5 Å². The lowest BCUT2D eigenvalue weighted by Gasteiger charge is -2.33. The molecule has 29 heavy (non-hydrogen) atoms. The van der Waals surface area contributed by atoms with Crippen LogP contribution in [0.15, 0.2) is 60.8 Å². The van der Waals surface area contributed by atoms with Crippen molar-refractivity contribution in [2.45, 2.75) is 24.9 Å². The molecule has 1 heterocycles. The van der Waals surface area contributed by atoms with Gasteiger partial charge in [-0.05, 0) is 42.0 Å². The number of nitrogens with zero attached hydrogens (tertiary/aromatic N) is 1. The fourth-order valence-electron chi connectivity index (χ4n) is 2.87. The van der Waals surface area contributed by atoms with E-state index in [2.05, 4.69) is 12.0 Å². The summed E-state index contributed by atoms with van der Waals surface area (Å²) in [5.41, 5.74) is -0.731. The Morgan fingerprint density at radius 1 is 1.24 bits per heavy atom. The van der Waals surface area contributed by atoms with Crippen molar-refractivity contribution >= 4 is 5.91 Å². The first-order chi connectivity index (χ1) is 13.6. The number of methoxy groups -OCH3 is 1. The highest BCUT2D eigenvalue weighted by Crippen LogP contribution is 2.41. The van der Waals surface area contributed by atoms with E-state index in [4.69, 9.17) is 9.47 Å². The van der Waals surface area contributed by atoms with Crippen LogP contribution in [0.1, 0.15) is 22.3 Å². The maximum absolute atomic E-state index is 13.3. The Balaban J connectivity index is 1.76. The van der Waals surface area contributed by atoms with Crippen LogP contribution in [0, 0.1) is 0 Å². The molecular weight excluding hydrogens is 389 g/mol. The number of hydrogen-bond acceptors (Lipinski definition) is 5. The molecule has 2 N–H and O–H groups in total. The van der Waals surface area contributed by atoms with Crippen LogP contribution < -0.4 is 14.9 Å². The van der Waals surface area contributed by atoms with Crippen LogP contribution in [0.25, 0.3) is 0 Å². The minimum Gasteiger partial charge on any atom is -0.497 e. The van der Waals surface area contributed by atoms with Crippen LogP contribution in [0.2, 0.25) is 0 Å². The van der Waals surface area contributed by atoms with Gasteiger partial charge in [0, 0.05) is 17.7 Å². The van der Waals surface area contributed by atoms with E-state index in [1.807, 2.05) is 0 Å². The Kier molecular flexibility index (Phi) is 5.43. The van der Waals surface area contributed by atoms with Crippen LogP contribution >= 0.6 is 0 Å². The van der Waals surface area contributed by atoms with Gasteiger partial charge in [0.1, 0.15) is 18.1 Å². The predicted molar refractivity (Wildman–Crippen MR) is 97.8 cm³/mol. The van der Waals surface area contributed by atoms with Crippen molar-refractivity contribution in [3.63, 3.8) is 0 Å². The fraction of sp³-hybridized carbons (Fsp3) is 0.250. The number of carbonyl (C=O) groups excluding carboxylic acids is 1. The molecule has 1 aliphatic heterocycles. The third-order valence-corrected chi connectivity index (χ3v) is 4.40. The molecule has 0 spiro atoms. The zero-order chi connectivity index (χ0) is 21.2. The monoisotopic (exact) mass is 408 g/mol. The SMILES string of the molecule is C=C1CC(O)(C(F)(F)F)N(C(=O)c2cccc(COc3ccc(OC)cc3)c2)N1. The topological polar surface area (TPSA) is 71.0 Å². The maximum atomic E-state index is 13.3. The number of aliphatic hydroxyl groups is 1. The third kappa shape index (κ3) is 4.14. The lowest BCUT2D eigenvalue weighted by atomic mass is 10.1. The normalized spacial score (nSPS) is 19.1. The number of hydrogen-bond donors (Lipinski definition) is 2. The van der Waals surface area contributed by atoms with Gasteiger partial charge in [0.25, 0.3) is 11.6 Å². The van der Waals surface area contributed by atoms with Crippen LogP contribution in [-0.2, 0) is 6.61 Å². The summed E-state index contributed by atoms with van der Waals surface area (Å²) >= 11 is 0. The lowest BCUT2D eigenvalue weighted by Crippen LogP contribution is -2.59. The number of alkyl halides is 3. The average Bonchev–Trinajstić information content (AvgIpc) is 3.02. The van der Waals surface area contributed by atoms with Gasteiger partial charge >= 0.3 is 6.18 Å². The molecule has 2 aromatic rings. The number of nitrogens with one attached hydrogen (secondary N) is 1. The van der Waals surface area contributed by atoms with E-state index in [0.29, 0.717) is 17.1 Å². The Morgan fingerprint density at radius 3 is 2.52 bits per heavy atom. The average molecular weight is 408 g/mol. The van der Waals surface area contributed by atoms with Crippen molar-refractivity contribution in [3.05, 3.63) is 71.9 Å². The quantitative estimate of drug-likeness (QED) is 0.794. The Morgan fingerprint density at radius 2 is 1.90 bits per heavy atom. The number of halogens is 3. The molecule has 1 amide bonds. The van der Waals surface area contributed by atoms with Gasteiger partial charge in [-0.15, -0.1) is 0 Å². The molecule has 1 fully saturated rings. The first-order valence-corrected chi connectivity index (χ1v) is 8.58. The van der Waals surface area contributed by atoms with Crippen LogP contribution in [-0.4, -0.2) is 35.0 Å². The molecule has 0 aliphatic carbocycles. The van der Waals surface area contributed by atoms with E-state index in [1.54, 1.807) is 37.4 Å². The summed E-state index contributed by atoms with van der Waals surface area (Å²) in [6.07, 6.45) is -5.90. The van der Waals surface area contributed by atoms with E-state index >= 15 is 0 Å². The molecule has 6 nitrogen and oxygen atoms in total. The van der Waals surface area contributed by atoms with E-state index in [-0.39, 0.29) is 22.9 Å². The molecule has 0 bridgehead atoms. The minimum atomic E-state index is -5.05. The minimum absolute atomic E-state index is 0.0364. The second kappa shape index (κ2) is 7.67. The summed E-state index contributed by atoms with van der Waals surface area (Å²) in [6, 6.07) is 12.8. The Labute approximate surface area is 165 Å². The molecule has 0 aromatic heterocycles. The molecule has 0 saturated carbocycles. The van der Waals surface area contributed by atoms with Gasteiger partial charge in [-0.2, -0.15) is 13.2 Å². The molecule has 1 atom stereocenters. The molecule has 1 aliphatic rings. The molecule has 1 saturated heterocycles. The van der Waals surface area contributed by atoms with Crippen molar-refractivity contribution in [3.8, 4) is 11.5 Å². The number of hydrazine groups is 1. The second-order valence-electron chi connectivity index (χ2n) is 6.51. The van der Waals surface area contributed by atoms with Crippen molar-refractivity contribution in [1.29, 1.82) is 0 Å². The van der Waals surface area contributed by atoms with Crippen molar-refractivity contribution in [1.82, 2.24) is 10.4 Å². The summed E-state index contributed by atoms with van der Waals surface area (Å²) in [5.74, 6) is 0.197. The van der Waals surface area contributed by atoms with Gasteiger partial charge in [0.05, 0.1) is 7.11 Å². The predicted octanol–water partition coefficient (Wildman–Crippen LogP) is 3.39. The molecule has 9 heteroatoms. The van der Waals surface area contributed by atoms with Gasteiger partial charge in [0.2, 0.25) is 0 Å². The smallest absolute Gasteiger partial charge is 0.438 e. The van der Waals surface area contributed by atoms with Crippen molar-refractivity contribution in [2.75, 3.05) is 7.11 Å². The largest absolute Gasteiger partial charge is 0.497 e. The zero-order valence-corrected chi connectivity index (χ0v) is 15.5. The summed E-state index contributed by atoms with van der Waals surface area (Å²) in [4.78, 5) is 12.7. The summed E-state index contributed by atoms with van der Waals surface area (Å²) in [7, 11) is 1.54. The van der Waals surface area contributed by atoms with Crippen LogP contribution in [0.3, 0.4) is 0 Å². The number of carbonyl (C=O) groups is 1. The molecule has 2 aromatic carbocycles. The van der Waals surface area contributed by atoms with E-state index < -0.39 is 24.2 Å². The van der Waals surface area contributed by atoms with Gasteiger partial charge in [-0.3, -0.25) is 10.2 Å². The highest BCUT2D eigenvalue weighted by molar-refractivity contribution is 5.95. The summed E-state index contributed by atoms with van der Waals surface area (Å²) in [6.45, 7) is 3.48. The van der Waals surface area contributed by atoms with Gasteiger partial charge < -0.3 is 14.6 Å². The Hall–Kier alpha value is -3.20. The fourth-order valence-corrected chi connectivity index (χ4v) is 2.87. The highest BCUT2D eigenvalue weighted by atomic mass is 19.4. The molecule has 1 unspecified atom stereocenters. The first-order valence-electron chi connectivity index (χ1n) is 8.58. The number of rotatable bonds is 5. The van der Waals surface area contributed by atoms with E-state index in [0.717, 1.165) is 0 Å². The highest BCUT2D eigenvalue weighted by Gasteiger charge is 2.63. The third-order valence-electron chi connectivity index (χ3n) is 4.40. The number of benzene rings is 2. The number of ether oxygens (including phenoxy) is 2. The summed E-state index contributed by atoms with van der Waals surface area (Å²) in [5, 5.41) is 10.2. The molecule has 3 rings (SSSR count). The first kappa shape index (κ1) is 20.5. The zero-order valence-electron chi connectivity index (χ0n) is 15.5. The van der Waals surface area contributed by atoms with E-state index in [1.165, 1.54) is 18.2 Å². The summed E-state index contributed by atoms with van der Waals surface area (Å²) < 4.78 is 50.7. The van der Waals surface area contributed by atoms with Gasteiger partial charge in [-0.25, -0.2) is 5.01 Å². The second-order valence-corrected chi connectivity index (χ2v) is 6.51. The van der Waals surface area contributed by atoms with Gasteiger partial charge in [-0.1, -0.05) is 18.7 Å². The van der Waals surface area contributed by atoms with E-state index in [9.17, 15) is 23.1 Å². The van der Waals surface area contributed by atoms with Crippen LogP contribution in [0.4, 0.5) is 13.2 Å². The maximum Gasteiger partial charge on any atom is 0.438 e.